The number of rotatable bonds is 5. The molecule has 0 bridgehead atoms. The zero-order valence-corrected chi connectivity index (χ0v) is 9.33. The lowest BCUT2D eigenvalue weighted by atomic mass is 10.0. The topological polar surface area (TPSA) is 52.3 Å². The monoisotopic (exact) mass is 227 g/mol. The van der Waals surface area contributed by atoms with Crippen molar-refractivity contribution < 1.29 is 9.53 Å². The lowest BCUT2D eigenvalue weighted by Crippen LogP contribution is -2.31. The molecule has 0 aliphatic carbocycles. The van der Waals surface area contributed by atoms with Crippen LogP contribution in [0.3, 0.4) is 0 Å². The molecule has 0 aliphatic heterocycles. The van der Waals surface area contributed by atoms with Gasteiger partial charge in [-0.15, -0.1) is 0 Å². The molecule has 2 N–H and O–H groups in total. The van der Waals surface area contributed by atoms with Gasteiger partial charge in [0.1, 0.15) is 0 Å². The maximum absolute atomic E-state index is 11.8. The van der Waals surface area contributed by atoms with Crippen molar-refractivity contribution >= 4 is 17.4 Å². The molecule has 0 radical (unpaired) electrons. The average Bonchev–Trinajstić information content (AvgIpc) is 2.24. The van der Waals surface area contributed by atoms with Gasteiger partial charge in [-0.2, -0.15) is 0 Å². The number of ketones is 1. The van der Waals surface area contributed by atoms with Gasteiger partial charge in [0.05, 0.1) is 6.04 Å². The van der Waals surface area contributed by atoms with Crippen molar-refractivity contribution in [2.45, 2.75) is 12.5 Å². The maximum atomic E-state index is 11.8. The molecule has 0 amide bonds. The minimum atomic E-state index is -0.525. The van der Waals surface area contributed by atoms with Crippen LogP contribution in [0.2, 0.25) is 5.02 Å². The molecule has 0 spiro atoms. The largest absolute Gasteiger partial charge is 0.385 e. The molecule has 0 heterocycles. The molecule has 82 valence electrons. The lowest BCUT2D eigenvalue weighted by molar-refractivity contribution is 0.0935. The molecular weight excluding hydrogens is 214 g/mol. The number of hydrogen-bond acceptors (Lipinski definition) is 3. The van der Waals surface area contributed by atoms with E-state index >= 15 is 0 Å². The third-order valence-corrected chi connectivity index (χ3v) is 2.31. The van der Waals surface area contributed by atoms with E-state index in [0.29, 0.717) is 23.6 Å². The number of halogens is 1. The molecule has 1 atom stereocenters. The normalized spacial score (nSPS) is 12.5. The summed E-state index contributed by atoms with van der Waals surface area (Å²) in [6, 6.07) is 6.26. The molecule has 1 aromatic rings. The molecule has 4 heteroatoms. The molecule has 1 aromatic carbocycles. The Hall–Kier alpha value is -0.900. The zero-order valence-electron chi connectivity index (χ0n) is 8.57. The van der Waals surface area contributed by atoms with Crippen LogP contribution < -0.4 is 5.73 Å². The summed E-state index contributed by atoms with van der Waals surface area (Å²) in [6.45, 7) is 0.480. The predicted octanol–water partition coefficient (Wildman–Crippen LogP) is 1.89. The SMILES string of the molecule is COCCC(N)C(=O)c1cccc(Cl)c1. The van der Waals surface area contributed by atoms with Crippen LogP contribution in [0, 0.1) is 0 Å². The molecule has 0 saturated carbocycles. The number of carbonyl (C=O) groups is 1. The van der Waals surface area contributed by atoms with Crippen molar-refractivity contribution in [3.63, 3.8) is 0 Å². The van der Waals surface area contributed by atoms with Crippen LogP contribution in [-0.2, 0) is 4.74 Å². The maximum Gasteiger partial charge on any atom is 0.179 e. The summed E-state index contributed by atoms with van der Waals surface area (Å²) in [5, 5.41) is 0.541. The van der Waals surface area contributed by atoms with Crippen LogP contribution >= 0.6 is 11.6 Å². The molecule has 15 heavy (non-hydrogen) atoms. The molecule has 1 rings (SSSR count). The number of ether oxygens (including phenoxy) is 1. The quantitative estimate of drug-likeness (QED) is 0.782. The van der Waals surface area contributed by atoms with Gasteiger partial charge in [-0.1, -0.05) is 23.7 Å². The fourth-order valence-corrected chi connectivity index (χ4v) is 1.42. The van der Waals surface area contributed by atoms with Crippen LogP contribution in [-0.4, -0.2) is 25.5 Å². The summed E-state index contributed by atoms with van der Waals surface area (Å²) < 4.78 is 4.86. The second-order valence-electron chi connectivity index (χ2n) is 3.26. The summed E-state index contributed by atoms with van der Waals surface area (Å²) in [5.74, 6) is -0.102. The lowest BCUT2D eigenvalue weighted by Gasteiger charge is -2.09. The Bertz CT molecular complexity index is 341. The van der Waals surface area contributed by atoms with E-state index < -0.39 is 6.04 Å². The highest BCUT2D eigenvalue weighted by molar-refractivity contribution is 6.31. The van der Waals surface area contributed by atoms with E-state index in [1.807, 2.05) is 0 Å². The summed E-state index contributed by atoms with van der Waals surface area (Å²) in [6.07, 6.45) is 0.516. The molecular formula is C11H14ClNO2. The number of hydrogen-bond donors (Lipinski definition) is 1. The standard InChI is InChI=1S/C11H14ClNO2/c1-15-6-5-10(13)11(14)8-3-2-4-9(12)7-8/h2-4,7,10H,5-6,13H2,1H3. The Morgan fingerprint density at radius 2 is 2.33 bits per heavy atom. The Morgan fingerprint density at radius 1 is 1.60 bits per heavy atom. The first-order valence-electron chi connectivity index (χ1n) is 4.69. The smallest absolute Gasteiger partial charge is 0.179 e. The van der Waals surface area contributed by atoms with Gasteiger partial charge in [0.2, 0.25) is 0 Å². The summed E-state index contributed by atoms with van der Waals surface area (Å²) >= 11 is 5.78. The van der Waals surface area contributed by atoms with E-state index in [9.17, 15) is 4.79 Å². The second-order valence-corrected chi connectivity index (χ2v) is 3.70. The van der Waals surface area contributed by atoms with Gasteiger partial charge in [-0.3, -0.25) is 4.79 Å². The van der Waals surface area contributed by atoms with E-state index in [1.165, 1.54) is 0 Å². The number of methoxy groups -OCH3 is 1. The molecule has 3 nitrogen and oxygen atoms in total. The van der Waals surface area contributed by atoms with Crippen molar-refractivity contribution in [2.75, 3.05) is 13.7 Å². The minimum absolute atomic E-state index is 0.102. The van der Waals surface area contributed by atoms with Gasteiger partial charge in [0.15, 0.2) is 5.78 Å². The molecule has 1 unspecified atom stereocenters. The first-order valence-corrected chi connectivity index (χ1v) is 5.07. The van der Waals surface area contributed by atoms with Gasteiger partial charge >= 0.3 is 0 Å². The third kappa shape index (κ3) is 3.63. The van der Waals surface area contributed by atoms with Crippen molar-refractivity contribution in [2.24, 2.45) is 5.73 Å². The zero-order chi connectivity index (χ0) is 11.3. The summed E-state index contributed by atoms with van der Waals surface area (Å²) in [5.41, 5.74) is 6.26. The van der Waals surface area contributed by atoms with E-state index in [4.69, 9.17) is 22.1 Å². The number of carbonyl (C=O) groups excluding carboxylic acids is 1. The summed E-state index contributed by atoms with van der Waals surface area (Å²) in [7, 11) is 1.58. The van der Waals surface area contributed by atoms with E-state index in [-0.39, 0.29) is 5.78 Å². The van der Waals surface area contributed by atoms with Gasteiger partial charge < -0.3 is 10.5 Å². The third-order valence-electron chi connectivity index (χ3n) is 2.08. The average molecular weight is 228 g/mol. The van der Waals surface area contributed by atoms with E-state index in [0.717, 1.165) is 0 Å². The van der Waals surface area contributed by atoms with Crippen LogP contribution in [0.15, 0.2) is 24.3 Å². The highest BCUT2D eigenvalue weighted by Crippen LogP contribution is 2.12. The van der Waals surface area contributed by atoms with Crippen LogP contribution in [0.5, 0.6) is 0 Å². The molecule has 0 aromatic heterocycles. The Kier molecular flexibility index (Phi) is 4.75. The Labute approximate surface area is 94.2 Å². The van der Waals surface area contributed by atoms with Gasteiger partial charge in [-0.05, 0) is 18.6 Å². The number of Topliss-reactive ketones (excluding diaryl/α,β-unsaturated/α-hetero) is 1. The van der Waals surface area contributed by atoms with Crippen LogP contribution in [0.25, 0.3) is 0 Å². The highest BCUT2D eigenvalue weighted by atomic mass is 35.5. The van der Waals surface area contributed by atoms with Crippen molar-refractivity contribution in [3.8, 4) is 0 Å². The number of nitrogens with two attached hydrogens (primary N) is 1. The first kappa shape index (κ1) is 12.2. The first-order chi connectivity index (χ1) is 7.15. The van der Waals surface area contributed by atoms with Gasteiger partial charge in [-0.25, -0.2) is 0 Å². The molecule has 0 fully saturated rings. The molecule has 0 saturated heterocycles. The van der Waals surface area contributed by atoms with E-state index in [1.54, 1.807) is 31.4 Å². The van der Waals surface area contributed by atoms with Crippen LogP contribution in [0.1, 0.15) is 16.8 Å². The molecule has 0 aliphatic rings. The Morgan fingerprint density at radius 3 is 2.93 bits per heavy atom. The second kappa shape index (κ2) is 5.85. The fraction of sp³-hybridized carbons (Fsp3) is 0.364. The van der Waals surface area contributed by atoms with Crippen LogP contribution in [0.4, 0.5) is 0 Å². The predicted molar refractivity (Wildman–Crippen MR) is 60.3 cm³/mol. The van der Waals surface area contributed by atoms with Gasteiger partial charge in [0.25, 0.3) is 0 Å². The summed E-state index contributed by atoms with van der Waals surface area (Å²) in [4.78, 5) is 11.8. The minimum Gasteiger partial charge on any atom is -0.385 e. The highest BCUT2D eigenvalue weighted by Gasteiger charge is 2.15. The van der Waals surface area contributed by atoms with Crippen molar-refractivity contribution in [1.29, 1.82) is 0 Å². The Balaban J connectivity index is 2.67. The van der Waals surface area contributed by atoms with Crippen molar-refractivity contribution in [1.82, 2.24) is 0 Å². The van der Waals surface area contributed by atoms with Gasteiger partial charge in [0, 0.05) is 24.3 Å². The fourth-order valence-electron chi connectivity index (χ4n) is 1.23. The van der Waals surface area contributed by atoms with Crippen molar-refractivity contribution in [3.05, 3.63) is 34.9 Å². The number of benzene rings is 1. The van der Waals surface area contributed by atoms with E-state index in [2.05, 4.69) is 0 Å².